The lowest BCUT2D eigenvalue weighted by Crippen LogP contribution is -2.27. The van der Waals surface area contributed by atoms with Gasteiger partial charge in [0.2, 0.25) is 5.69 Å². The van der Waals surface area contributed by atoms with Crippen LogP contribution >= 0.6 is 23.6 Å². The van der Waals surface area contributed by atoms with Gasteiger partial charge in [0.05, 0.1) is 22.4 Å². The second-order valence-corrected chi connectivity index (χ2v) is 16.9. The summed E-state index contributed by atoms with van der Waals surface area (Å²) < 4.78 is 39.7. The number of rotatable bonds is 6. The van der Waals surface area contributed by atoms with Gasteiger partial charge in [-0.2, -0.15) is 17.3 Å². The Morgan fingerprint density at radius 2 is 1.60 bits per heavy atom. The molecular weight excluding hydrogens is 688 g/mol. The van der Waals surface area contributed by atoms with Crippen LogP contribution in [0.1, 0.15) is 58.1 Å². The number of halogens is 1. The van der Waals surface area contributed by atoms with Crippen molar-refractivity contribution >= 4 is 72.4 Å². The van der Waals surface area contributed by atoms with Gasteiger partial charge in [0.25, 0.3) is 10.1 Å². The third-order valence-electron chi connectivity index (χ3n) is 10.7. The Morgan fingerprint density at radius 3 is 2.34 bits per heavy atom. The highest BCUT2D eigenvalue weighted by Gasteiger charge is 2.44. The summed E-state index contributed by atoms with van der Waals surface area (Å²) in [4.78, 5) is 3.00. The Morgan fingerprint density at radius 1 is 0.900 bits per heavy atom. The van der Waals surface area contributed by atoms with Crippen molar-refractivity contribution in [2.24, 2.45) is 0 Å². The summed E-state index contributed by atoms with van der Waals surface area (Å²) in [6, 6.07) is 19.1. The molecule has 50 heavy (non-hydrogen) atoms. The van der Waals surface area contributed by atoms with Crippen molar-refractivity contribution in [1.29, 1.82) is 0 Å². The predicted molar refractivity (Wildman–Crippen MR) is 205 cm³/mol. The second kappa shape index (κ2) is 12.5. The summed E-state index contributed by atoms with van der Waals surface area (Å²) in [7, 11) is -0.121. The minimum absolute atomic E-state index is 0.110. The Bertz CT molecular complexity index is 2390. The highest BCUT2D eigenvalue weighted by molar-refractivity contribution is 7.94. The summed E-state index contributed by atoms with van der Waals surface area (Å²) in [5, 5.41) is 13.7. The molecule has 10 heteroatoms. The molecule has 7 nitrogen and oxygen atoms in total. The van der Waals surface area contributed by atoms with Crippen molar-refractivity contribution in [2.45, 2.75) is 67.6 Å². The molecule has 7 rings (SSSR count). The maximum absolute atomic E-state index is 11.8. The van der Waals surface area contributed by atoms with Crippen LogP contribution in [0.5, 0.6) is 0 Å². The minimum atomic E-state index is -4.30. The number of benzene rings is 4. The average molecular weight is 728 g/mol. The lowest BCUT2D eigenvalue weighted by molar-refractivity contribution is -0.401. The lowest BCUT2D eigenvalue weighted by atomic mass is 9.78. The summed E-state index contributed by atoms with van der Waals surface area (Å²) in [6.45, 7) is 8.89. The summed E-state index contributed by atoms with van der Waals surface area (Å²) in [5.74, 6) is 0. The fourth-order valence-corrected chi connectivity index (χ4v) is 9.50. The zero-order chi connectivity index (χ0) is 35.7. The van der Waals surface area contributed by atoms with Gasteiger partial charge in [-0.3, -0.25) is 4.55 Å². The molecule has 4 aromatic rings. The average Bonchev–Trinajstić information content (AvgIpc) is 3.39. The molecule has 0 bridgehead atoms. The van der Waals surface area contributed by atoms with Gasteiger partial charge in [0.1, 0.15) is 7.05 Å². The maximum Gasteiger partial charge on any atom is 0.294 e. The van der Waals surface area contributed by atoms with Gasteiger partial charge in [-0.25, -0.2) is 5.26 Å². The molecule has 0 amide bonds. The maximum atomic E-state index is 11.8. The fourth-order valence-electron chi connectivity index (χ4n) is 8.28. The number of hydrogen-bond donors (Lipinski definition) is 2. The largest absolute Gasteiger partial charge is 0.347 e. The molecule has 2 N–H and O–H groups in total. The molecular formula is C40H40ClN2O5S2+. The van der Waals surface area contributed by atoms with Crippen molar-refractivity contribution in [2.75, 3.05) is 19.0 Å². The molecule has 0 aromatic heterocycles. The van der Waals surface area contributed by atoms with Gasteiger partial charge in [0.15, 0.2) is 5.71 Å². The van der Waals surface area contributed by atoms with Gasteiger partial charge >= 0.3 is 0 Å². The molecule has 0 radical (unpaired) electrons. The third kappa shape index (κ3) is 5.64. The van der Waals surface area contributed by atoms with Crippen LogP contribution in [0.4, 0.5) is 11.4 Å². The quantitative estimate of drug-likeness (QED) is 0.0672. The Labute approximate surface area is 302 Å². The van der Waals surface area contributed by atoms with E-state index in [1.54, 1.807) is 6.07 Å². The van der Waals surface area contributed by atoms with Gasteiger partial charge < -0.3 is 4.90 Å². The number of nitrogens with zero attached hydrogens (tertiary/aromatic N) is 2. The van der Waals surface area contributed by atoms with Crippen LogP contribution in [0.2, 0.25) is 0 Å². The summed E-state index contributed by atoms with van der Waals surface area (Å²) in [5.41, 5.74) is 8.53. The summed E-state index contributed by atoms with van der Waals surface area (Å²) >= 11 is 8.09. The molecule has 1 aliphatic carbocycles. The van der Waals surface area contributed by atoms with Crippen molar-refractivity contribution in [1.82, 2.24) is 0 Å². The van der Waals surface area contributed by atoms with E-state index in [4.69, 9.17) is 16.9 Å². The monoisotopic (exact) mass is 727 g/mol. The van der Waals surface area contributed by atoms with Gasteiger partial charge in [-0.1, -0.05) is 55.8 Å². The topological polar surface area (TPSA) is 90.1 Å². The minimum Gasteiger partial charge on any atom is -0.347 e. The van der Waals surface area contributed by atoms with Crippen molar-refractivity contribution in [3.63, 3.8) is 0 Å². The van der Waals surface area contributed by atoms with E-state index in [-0.39, 0.29) is 15.7 Å². The van der Waals surface area contributed by atoms with Crippen LogP contribution in [-0.2, 0) is 25.3 Å². The van der Waals surface area contributed by atoms with E-state index in [2.05, 4.69) is 98.1 Å². The molecule has 0 saturated carbocycles. The predicted octanol–water partition coefficient (Wildman–Crippen LogP) is 10.2. The van der Waals surface area contributed by atoms with Crippen molar-refractivity contribution in [3.8, 4) is 0 Å². The number of anilines is 1. The highest BCUT2D eigenvalue weighted by Crippen LogP contribution is 2.51. The third-order valence-corrected chi connectivity index (χ3v) is 12.5. The van der Waals surface area contributed by atoms with E-state index >= 15 is 0 Å². The number of likely N-dealkylation sites (N-methyl/N-ethyl adjacent to an activating group) is 1. The summed E-state index contributed by atoms with van der Waals surface area (Å²) in [6.07, 6.45) is 11.5. The van der Waals surface area contributed by atoms with E-state index in [9.17, 15) is 13.0 Å². The highest BCUT2D eigenvalue weighted by atomic mass is 35.5. The first-order valence-corrected chi connectivity index (χ1v) is 19.1. The zero-order valence-electron chi connectivity index (χ0n) is 28.9. The first-order valence-electron chi connectivity index (χ1n) is 16.6. The normalized spacial score (nSPS) is 20.3. The zero-order valence-corrected chi connectivity index (χ0v) is 31.3. The number of fused-ring (bicyclic) bond motifs is 6. The molecule has 3 aliphatic rings. The number of allylic oxidation sites excluding steroid dienone is 8. The molecule has 0 saturated heterocycles. The molecule has 0 atom stereocenters. The van der Waals surface area contributed by atoms with Crippen LogP contribution in [0, 0.1) is 0 Å². The Hall–Kier alpha value is -3.70. The fraction of sp³-hybridized carbons (Fsp3) is 0.275. The van der Waals surface area contributed by atoms with E-state index in [0.29, 0.717) is 0 Å². The molecule has 2 aliphatic heterocycles. The van der Waals surface area contributed by atoms with Crippen LogP contribution in [0.25, 0.3) is 21.5 Å². The molecule has 4 aromatic carbocycles. The van der Waals surface area contributed by atoms with Crippen molar-refractivity contribution < 1.29 is 27.1 Å². The smallest absolute Gasteiger partial charge is 0.294 e. The van der Waals surface area contributed by atoms with E-state index in [0.717, 1.165) is 85.5 Å². The van der Waals surface area contributed by atoms with Crippen molar-refractivity contribution in [3.05, 3.63) is 118 Å². The number of hydrogen-bond acceptors (Lipinski definition) is 6. The molecule has 2 heterocycles. The van der Waals surface area contributed by atoms with Gasteiger partial charge in [-0.05, 0) is 114 Å². The van der Waals surface area contributed by atoms with Gasteiger partial charge in [-0.15, -0.1) is 0 Å². The second-order valence-electron chi connectivity index (χ2n) is 14.3. The molecule has 258 valence electrons. The van der Waals surface area contributed by atoms with E-state index < -0.39 is 10.1 Å². The van der Waals surface area contributed by atoms with Crippen LogP contribution in [0.15, 0.2) is 117 Å². The Kier molecular flexibility index (Phi) is 8.69. The molecule has 0 unspecified atom stereocenters. The van der Waals surface area contributed by atoms with Crippen LogP contribution < -0.4 is 4.90 Å². The SMILES string of the molecule is CN1C(=CC=C2CCCC(C=CC3=[N+](C)c4ccc5cc(S(=O)(=O)O)ccc5c4C3(C)C)=C2Cl)C(C)(C)c2c1ccc1cc(SOO)ccc21. The molecule has 0 spiro atoms. The first-order chi connectivity index (χ1) is 23.6. The molecule has 0 fully saturated rings. The standard InChI is InChI=1S/C40H39ClN2O5S2/c1-39(2)34(42(5)32-18-10-26-22-28(49-48-44)14-16-30(26)36(32)39)20-12-24-8-7-9-25(38(24)41)13-21-35-40(3,4)37-31-17-15-29(50(45,46)47)23-27(31)11-19-33(37)43(35)6/h10-23H,7-9H2,1-6H3,(H-,44,45,46,47)/p+1. The van der Waals surface area contributed by atoms with Gasteiger partial charge in [0, 0.05) is 51.5 Å². The lowest BCUT2D eigenvalue weighted by Gasteiger charge is -2.25. The van der Waals surface area contributed by atoms with Crippen LogP contribution in [-0.4, -0.2) is 42.6 Å². The van der Waals surface area contributed by atoms with E-state index in [1.165, 1.54) is 34.5 Å². The first kappa shape index (κ1) is 34.7. The van der Waals surface area contributed by atoms with Crippen LogP contribution in [0.3, 0.4) is 0 Å². The Balaban J connectivity index is 1.20. The van der Waals surface area contributed by atoms with E-state index in [1.807, 2.05) is 24.3 Å².